The van der Waals surface area contributed by atoms with E-state index in [4.69, 9.17) is 14.9 Å². The first-order valence-electron chi connectivity index (χ1n) is 5.06. The Morgan fingerprint density at radius 2 is 2.06 bits per heavy atom. The minimum Gasteiger partial charge on any atom is -0.481 e. The molecule has 0 bridgehead atoms. The Morgan fingerprint density at radius 3 is 2.65 bits per heavy atom. The molecule has 0 saturated heterocycles. The summed E-state index contributed by atoms with van der Waals surface area (Å²) < 4.78 is 36.2. The van der Waals surface area contributed by atoms with Crippen molar-refractivity contribution in [3.8, 4) is 5.75 Å². The normalized spacial score (nSPS) is 12.4. The minimum absolute atomic E-state index is 0.173. The number of furan rings is 1. The van der Waals surface area contributed by atoms with Crippen LogP contribution < -0.4 is 10.5 Å². The Kier molecular flexibility index (Phi) is 3.39. The molecule has 0 aliphatic carbocycles. The molecule has 3 nitrogen and oxygen atoms in total. The summed E-state index contributed by atoms with van der Waals surface area (Å²) in [7, 11) is 0. The van der Waals surface area contributed by atoms with Crippen LogP contribution in [0.25, 0.3) is 0 Å². The molecule has 1 aromatic carbocycles. The molecule has 2 N–H and O–H groups in total. The van der Waals surface area contributed by atoms with Crippen LogP contribution in [0.2, 0.25) is 0 Å². The number of hydrogen-bond acceptors (Lipinski definition) is 3. The highest BCUT2D eigenvalue weighted by atomic mass is 19.2. The molecule has 1 atom stereocenters. The number of halogens is 2. The zero-order valence-electron chi connectivity index (χ0n) is 8.90. The molecule has 0 radical (unpaired) electrons. The quantitative estimate of drug-likeness (QED) is 0.892. The van der Waals surface area contributed by atoms with Gasteiger partial charge in [-0.15, -0.1) is 0 Å². The predicted molar refractivity (Wildman–Crippen MR) is 57.5 cm³/mol. The summed E-state index contributed by atoms with van der Waals surface area (Å²) in [6.45, 7) is 0.173. The Hall–Kier alpha value is -1.88. The van der Waals surface area contributed by atoms with E-state index in [2.05, 4.69) is 0 Å². The summed E-state index contributed by atoms with van der Waals surface area (Å²) in [4.78, 5) is 0. The van der Waals surface area contributed by atoms with Crippen LogP contribution in [-0.4, -0.2) is 6.54 Å². The van der Waals surface area contributed by atoms with Crippen LogP contribution in [0.4, 0.5) is 8.78 Å². The predicted octanol–water partition coefficient (Wildman–Crippen LogP) is 2.64. The van der Waals surface area contributed by atoms with E-state index in [1.807, 2.05) is 0 Å². The van der Waals surface area contributed by atoms with Crippen molar-refractivity contribution in [1.82, 2.24) is 0 Å². The summed E-state index contributed by atoms with van der Waals surface area (Å²) in [5.41, 5.74) is 5.53. The van der Waals surface area contributed by atoms with Crippen LogP contribution in [-0.2, 0) is 0 Å². The van der Waals surface area contributed by atoms with Gasteiger partial charge in [0.25, 0.3) is 0 Å². The highest BCUT2D eigenvalue weighted by Gasteiger charge is 2.15. The Bertz CT molecular complexity index is 485. The van der Waals surface area contributed by atoms with Crippen LogP contribution in [0.15, 0.2) is 41.0 Å². The molecule has 0 fully saturated rings. The van der Waals surface area contributed by atoms with E-state index in [-0.39, 0.29) is 12.3 Å². The summed E-state index contributed by atoms with van der Waals surface area (Å²) in [5, 5.41) is 0. The van der Waals surface area contributed by atoms with Crippen molar-refractivity contribution < 1.29 is 17.9 Å². The summed E-state index contributed by atoms with van der Waals surface area (Å²) in [6, 6.07) is 6.72. The molecule has 0 saturated carbocycles. The van der Waals surface area contributed by atoms with Crippen LogP contribution in [0.5, 0.6) is 5.75 Å². The summed E-state index contributed by atoms with van der Waals surface area (Å²) >= 11 is 0. The third kappa shape index (κ3) is 2.62. The summed E-state index contributed by atoms with van der Waals surface area (Å²) in [5.74, 6) is -1.13. The van der Waals surface area contributed by atoms with Gasteiger partial charge in [-0.25, -0.2) is 8.78 Å². The maximum absolute atomic E-state index is 13.0. The second-order valence-electron chi connectivity index (χ2n) is 3.43. The monoisotopic (exact) mass is 239 g/mol. The van der Waals surface area contributed by atoms with Gasteiger partial charge in [0.2, 0.25) is 0 Å². The van der Waals surface area contributed by atoms with Crippen LogP contribution in [0, 0.1) is 11.6 Å². The van der Waals surface area contributed by atoms with Crippen molar-refractivity contribution >= 4 is 0 Å². The number of rotatable bonds is 4. The first-order valence-corrected chi connectivity index (χ1v) is 5.06. The largest absolute Gasteiger partial charge is 0.481 e. The average Bonchev–Trinajstić information content (AvgIpc) is 2.84. The maximum Gasteiger partial charge on any atom is 0.168 e. The van der Waals surface area contributed by atoms with E-state index in [1.165, 1.54) is 12.3 Å². The lowest BCUT2D eigenvalue weighted by molar-refractivity contribution is 0.183. The fourth-order valence-electron chi connectivity index (χ4n) is 1.41. The van der Waals surface area contributed by atoms with Gasteiger partial charge in [0, 0.05) is 12.6 Å². The van der Waals surface area contributed by atoms with Crippen LogP contribution in [0.1, 0.15) is 11.9 Å². The number of ether oxygens (including phenoxy) is 1. The Morgan fingerprint density at radius 1 is 1.24 bits per heavy atom. The van der Waals surface area contributed by atoms with Gasteiger partial charge in [0.1, 0.15) is 11.5 Å². The molecule has 5 heteroatoms. The molecule has 2 aromatic rings. The highest BCUT2D eigenvalue weighted by molar-refractivity contribution is 5.24. The van der Waals surface area contributed by atoms with Crippen LogP contribution in [0.3, 0.4) is 0 Å². The van der Waals surface area contributed by atoms with Gasteiger partial charge >= 0.3 is 0 Å². The molecule has 90 valence electrons. The third-order valence-electron chi connectivity index (χ3n) is 2.24. The van der Waals surface area contributed by atoms with E-state index in [1.54, 1.807) is 12.1 Å². The average molecular weight is 239 g/mol. The lowest BCUT2D eigenvalue weighted by atomic mass is 10.2. The zero-order valence-corrected chi connectivity index (χ0v) is 8.90. The van der Waals surface area contributed by atoms with Gasteiger partial charge < -0.3 is 14.9 Å². The third-order valence-corrected chi connectivity index (χ3v) is 2.24. The molecule has 2 rings (SSSR count). The SMILES string of the molecule is NCC(Oc1ccc(F)c(F)c1)c1ccco1. The van der Waals surface area contributed by atoms with E-state index < -0.39 is 17.7 Å². The topological polar surface area (TPSA) is 48.4 Å². The standard InChI is InChI=1S/C12H11F2NO2/c13-9-4-3-8(6-10(9)14)17-12(7-15)11-2-1-5-16-11/h1-6,12H,7,15H2. The molecule has 0 spiro atoms. The molecule has 1 aromatic heterocycles. The van der Waals surface area contributed by atoms with Crippen molar-refractivity contribution in [1.29, 1.82) is 0 Å². The second kappa shape index (κ2) is 4.97. The van der Waals surface area contributed by atoms with Gasteiger partial charge in [-0.3, -0.25) is 0 Å². The molecular formula is C12H11F2NO2. The molecule has 17 heavy (non-hydrogen) atoms. The smallest absolute Gasteiger partial charge is 0.168 e. The molecule has 0 aliphatic heterocycles. The molecule has 0 amide bonds. The molecule has 1 heterocycles. The Labute approximate surface area is 96.8 Å². The first-order chi connectivity index (χ1) is 8.20. The number of benzene rings is 1. The van der Waals surface area contributed by atoms with E-state index in [0.29, 0.717) is 5.76 Å². The highest BCUT2D eigenvalue weighted by Crippen LogP contribution is 2.23. The van der Waals surface area contributed by atoms with E-state index in [0.717, 1.165) is 12.1 Å². The van der Waals surface area contributed by atoms with Crippen LogP contribution >= 0.6 is 0 Å². The van der Waals surface area contributed by atoms with Crippen molar-refractivity contribution in [2.24, 2.45) is 5.73 Å². The first kappa shape index (κ1) is 11.6. The van der Waals surface area contributed by atoms with E-state index in [9.17, 15) is 8.78 Å². The lowest BCUT2D eigenvalue weighted by Crippen LogP contribution is -2.17. The molecule has 1 unspecified atom stereocenters. The van der Waals surface area contributed by atoms with Gasteiger partial charge in [-0.1, -0.05) is 0 Å². The van der Waals surface area contributed by atoms with Gasteiger partial charge in [-0.2, -0.15) is 0 Å². The lowest BCUT2D eigenvalue weighted by Gasteiger charge is -2.15. The Balaban J connectivity index is 2.16. The second-order valence-corrected chi connectivity index (χ2v) is 3.43. The van der Waals surface area contributed by atoms with Crippen molar-refractivity contribution in [2.75, 3.05) is 6.54 Å². The van der Waals surface area contributed by atoms with E-state index >= 15 is 0 Å². The molecule has 0 aliphatic rings. The fraction of sp³-hybridized carbons (Fsp3) is 0.167. The van der Waals surface area contributed by atoms with Crippen molar-refractivity contribution in [3.05, 3.63) is 54.0 Å². The zero-order chi connectivity index (χ0) is 12.3. The number of nitrogens with two attached hydrogens (primary N) is 1. The minimum atomic E-state index is -0.960. The fourth-order valence-corrected chi connectivity index (χ4v) is 1.41. The van der Waals surface area contributed by atoms with Crippen molar-refractivity contribution in [3.63, 3.8) is 0 Å². The summed E-state index contributed by atoms with van der Waals surface area (Å²) in [6.07, 6.45) is 0.974. The van der Waals surface area contributed by atoms with Gasteiger partial charge in [-0.05, 0) is 24.3 Å². The van der Waals surface area contributed by atoms with Crippen molar-refractivity contribution in [2.45, 2.75) is 6.10 Å². The van der Waals surface area contributed by atoms with Gasteiger partial charge in [0.15, 0.2) is 17.7 Å². The van der Waals surface area contributed by atoms with Gasteiger partial charge in [0.05, 0.1) is 6.26 Å². The number of hydrogen-bond donors (Lipinski definition) is 1. The maximum atomic E-state index is 13.0. The molecular weight excluding hydrogens is 228 g/mol.